The lowest BCUT2D eigenvalue weighted by Crippen LogP contribution is -2.33. The van der Waals surface area contributed by atoms with E-state index in [-0.39, 0.29) is 12.1 Å². The minimum absolute atomic E-state index is 0.0378. The lowest BCUT2D eigenvalue weighted by molar-refractivity contribution is 0.0122. The monoisotopic (exact) mass is 272 g/mol. The number of benzene rings is 1. The summed E-state index contributed by atoms with van der Waals surface area (Å²) in [5.74, 6) is 0.386. The molecule has 0 aliphatic rings. The van der Waals surface area contributed by atoms with Gasteiger partial charge in [-0.3, -0.25) is 4.98 Å². The van der Waals surface area contributed by atoms with Gasteiger partial charge in [0.05, 0.1) is 17.7 Å². The van der Waals surface area contributed by atoms with Crippen LogP contribution in [0.1, 0.15) is 38.1 Å². The summed E-state index contributed by atoms with van der Waals surface area (Å²) < 4.78 is 5.81. The van der Waals surface area contributed by atoms with Crippen LogP contribution in [0.25, 0.3) is 10.9 Å². The second-order valence-corrected chi connectivity index (χ2v) is 5.59. The van der Waals surface area contributed by atoms with Gasteiger partial charge >= 0.3 is 0 Å². The van der Waals surface area contributed by atoms with Gasteiger partial charge in [0.2, 0.25) is 0 Å². The van der Waals surface area contributed by atoms with E-state index in [0.717, 1.165) is 22.2 Å². The predicted octanol–water partition coefficient (Wildman–Crippen LogP) is 3.60. The first-order chi connectivity index (χ1) is 9.52. The van der Waals surface area contributed by atoms with Crippen LogP contribution in [-0.2, 0) is 4.74 Å². The molecule has 0 radical (unpaired) electrons. The zero-order valence-electron chi connectivity index (χ0n) is 12.8. The Morgan fingerprint density at radius 1 is 1.20 bits per heavy atom. The Balaban J connectivity index is 2.34. The van der Waals surface area contributed by atoms with Gasteiger partial charge in [0.15, 0.2) is 0 Å². The molecule has 0 saturated heterocycles. The van der Waals surface area contributed by atoms with E-state index in [0.29, 0.717) is 12.5 Å². The lowest BCUT2D eigenvalue weighted by Gasteiger charge is -2.27. The SMILES string of the molecule is CCOC(C(C)C)C(N)c1ccc2nc(C)ccc2c1. The van der Waals surface area contributed by atoms with Crippen molar-refractivity contribution in [1.82, 2.24) is 4.98 Å². The molecule has 1 heterocycles. The van der Waals surface area contributed by atoms with E-state index in [4.69, 9.17) is 10.5 Å². The number of pyridine rings is 1. The quantitative estimate of drug-likeness (QED) is 0.904. The molecule has 1 aromatic carbocycles. The van der Waals surface area contributed by atoms with Crippen LogP contribution in [0.5, 0.6) is 0 Å². The number of aryl methyl sites for hydroxylation is 1. The van der Waals surface area contributed by atoms with Crippen LogP contribution >= 0.6 is 0 Å². The molecular formula is C17H24N2O. The van der Waals surface area contributed by atoms with Crippen molar-refractivity contribution in [2.24, 2.45) is 11.7 Å². The molecule has 0 spiro atoms. The number of aromatic nitrogens is 1. The molecule has 20 heavy (non-hydrogen) atoms. The van der Waals surface area contributed by atoms with E-state index in [1.165, 1.54) is 0 Å². The molecule has 3 nitrogen and oxygen atoms in total. The van der Waals surface area contributed by atoms with Gasteiger partial charge in [-0.1, -0.05) is 26.0 Å². The Kier molecular flexibility index (Phi) is 4.73. The highest BCUT2D eigenvalue weighted by Gasteiger charge is 2.23. The van der Waals surface area contributed by atoms with E-state index < -0.39 is 0 Å². The molecule has 2 unspecified atom stereocenters. The van der Waals surface area contributed by atoms with E-state index in [1.54, 1.807) is 0 Å². The summed E-state index contributed by atoms with van der Waals surface area (Å²) in [5, 5.41) is 1.13. The third kappa shape index (κ3) is 3.17. The maximum Gasteiger partial charge on any atom is 0.0790 e. The number of rotatable bonds is 5. The molecule has 0 bridgehead atoms. The van der Waals surface area contributed by atoms with Crippen LogP contribution < -0.4 is 5.73 Å². The van der Waals surface area contributed by atoms with Crippen molar-refractivity contribution in [1.29, 1.82) is 0 Å². The third-order valence-electron chi connectivity index (χ3n) is 3.61. The second-order valence-electron chi connectivity index (χ2n) is 5.59. The second kappa shape index (κ2) is 6.33. The highest BCUT2D eigenvalue weighted by Crippen LogP contribution is 2.25. The lowest BCUT2D eigenvalue weighted by atomic mass is 9.93. The van der Waals surface area contributed by atoms with Crippen molar-refractivity contribution in [3.63, 3.8) is 0 Å². The van der Waals surface area contributed by atoms with Crippen LogP contribution in [0.3, 0.4) is 0 Å². The smallest absolute Gasteiger partial charge is 0.0790 e. The van der Waals surface area contributed by atoms with Crippen molar-refractivity contribution >= 4 is 10.9 Å². The fraction of sp³-hybridized carbons (Fsp3) is 0.471. The molecule has 108 valence electrons. The topological polar surface area (TPSA) is 48.1 Å². The van der Waals surface area contributed by atoms with Crippen LogP contribution in [0.15, 0.2) is 30.3 Å². The third-order valence-corrected chi connectivity index (χ3v) is 3.61. The highest BCUT2D eigenvalue weighted by molar-refractivity contribution is 5.79. The Labute approximate surface area is 121 Å². The van der Waals surface area contributed by atoms with Crippen LogP contribution in [0.4, 0.5) is 0 Å². The molecular weight excluding hydrogens is 248 g/mol. The molecule has 2 aromatic rings. The van der Waals surface area contributed by atoms with E-state index >= 15 is 0 Å². The molecule has 1 aromatic heterocycles. The van der Waals surface area contributed by atoms with Crippen molar-refractivity contribution < 1.29 is 4.74 Å². The van der Waals surface area contributed by atoms with Crippen molar-refractivity contribution in [2.45, 2.75) is 39.8 Å². The molecule has 0 amide bonds. The molecule has 0 saturated carbocycles. The zero-order chi connectivity index (χ0) is 14.7. The number of fused-ring (bicyclic) bond motifs is 1. The van der Waals surface area contributed by atoms with E-state index in [1.807, 2.05) is 26.0 Å². The summed E-state index contributed by atoms with van der Waals surface area (Å²) in [5.41, 5.74) is 9.55. The Morgan fingerprint density at radius 2 is 1.95 bits per heavy atom. The molecule has 2 N–H and O–H groups in total. The summed E-state index contributed by atoms with van der Waals surface area (Å²) in [6, 6.07) is 10.2. The van der Waals surface area contributed by atoms with Crippen molar-refractivity contribution in [3.8, 4) is 0 Å². The van der Waals surface area contributed by atoms with E-state index in [2.05, 4.69) is 37.0 Å². The van der Waals surface area contributed by atoms with Crippen molar-refractivity contribution in [2.75, 3.05) is 6.61 Å². The summed E-state index contributed by atoms with van der Waals surface area (Å²) in [6.07, 6.45) is 0.0378. The number of nitrogens with zero attached hydrogens (tertiary/aromatic N) is 1. The summed E-state index contributed by atoms with van der Waals surface area (Å²) in [4.78, 5) is 4.52. The van der Waals surface area contributed by atoms with Gasteiger partial charge in [-0.15, -0.1) is 0 Å². The Morgan fingerprint density at radius 3 is 2.60 bits per heavy atom. The molecule has 2 atom stereocenters. The minimum atomic E-state index is -0.111. The maximum absolute atomic E-state index is 6.40. The minimum Gasteiger partial charge on any atom is -0.376 e. The van der Waals surface area contributed by atoms with Gasteiger partial charge in [-0.2, -0.15) is 0 Å². The van der Waals surface area contributed by atoms with Crippen molar-refractivity contribution in [3.05, 3.63) is 41.6 Å². The molecule has 0 aliphatic carbocycles. The first-order valence-corrected chi connectivity index (χ1v) is 7.27. The van der Waals surface area contributed by atoms with E-state index in [9.17, 15) is 0 Å². The molecule has 0 fully saturated rings. The average Bonchev–Trinajstić information content (AvgIpc) is 2.43. The highest BCUT2D eigenvalue weighted by atomic mass is 16.5. The van der Waals surface area contributed by atoms with Gasteiger partial charge in [0.25, 0.3) is 0 Å². The largest absolute Gasteiger partial charge is 0.376 e. The van der Waals surface area contributed by atoms with Gasteiger partial charge in [-0.25, -0.2) is 0 Å². The Bertz CT molecular complexity index is 580. The first-order valence-electron chi connectivity index (χ1n) is 7.27. The maximum atomic E-state index is 6.40. The number of ether oxygens (including phenoxy) is 1. The molecule has 2 rings (SSSR count). The zero-order valence-corrected chi connectivity index (χ0v) is 12.8. The van der Waals surface area contributed by atoms with Gasteiger partial charge < -0.3 is 10.5 Å². The summed E-state index contributed by atoms with van der Waals surface area (Å²) in [6.45, 7) is 8.99. The fourth-order valence-electron chi connectivity index (χ4n) is 2.55. The van der Waals surface area contributed by atoms with Gasteiger partial charge in [0, 0.05) is 17.7 Å². The van der Waals surface area contributed by atoms with Crippen LogP contribution in [-0.4, -0.2) is 17.7 Å². The molecule has 3 heteroatoms. The van der Waals surface area contributed by atoms with Gasteiger partial charge in [-0.05, 0) is 43.5 Å². The van der Waals surface area contributed by atoms with Crippen LogP contribution in [0.2, 0.25) is 0 Å². The summed E-state index contributed by atoms with van der Waals surface area (Å²) >= 11 is 0. The van der Waals surface area contributed by atoms with Gasteiger partial charge in [0.1, 0.15) is 0 Å². The molecule has 0 aliphatic heterocycles. The number of hydrogen-bond acceptors (Lipinski definition) is 3. The standard InChI is InChI=1S/C17H24N2O/c1-5-20-17(11(2)3)16(18)14-8-9-15-13(10-14)7-6-12(4)19-15/h6-11,16-17H,5,18H2,1-4H3. The van der Waals surface area contributed by atoms with Crippen LogP contribution in [0, 0.1) is 12.8 Å². The first kappa shape index (κ1) is 14.9. The fourth-order valence-corrected chi connectivity index (χ4v) is 2.55. The average molecular weight is 272 g/mol. The Hall–Kier alpha value is -1.45. The predicted molar refractivity (Wildman–Crippen MR) is 83.7 cm³/mol. The number of hydrogen-bond donors (Lipinski definition) is 1. The summed E-state index contributed by atoms with van der Waals surface area (Å²) in [7, 11) is 0. The number of nitrogens with two attached hydrogens (primary N) is 1. The normalized spacial score (nSPS) is 14.7.